The Morgan fingerprint density at radius 1 is 0.517 bits per heavy atom. The number of benzene rings is 2. The Balaban J connectivity index is 1.52. The van der Waals surface area contributed by atoms with Gasteiger partial charge in [0.2, 0.25) is 0 Å². The summed E-state index contributed by atoms with van der Waals surface area (Å²) in [6.07, 6.45) is 8.06. The number of ether oxygens (including phenoxy) is 4. The maximum absolute atomic E-state index is 12.9. The molecule has 0 aliphatic carbocycles. The van der Waals surface area contributed by atoms with E-state index in [-0.39, 0.29) is 30.7 Å². The molecule has 308 valence electrons. The standard InChI is InChI=1S/C48H48N4O8/c1-47(2,25-39(53)57-5)43-35-21-17-31(49-35)41(27-9-13-29(14-10-27)45(55)59-7)33-19-23-37(51-33)44(48(3,4)26-40(54)58-6)38-24-20-34(52-38)42(32-18-22-36(43)50-32)28-11-15-30(16-12-28)46(56)60-8/h9-24,43-44,49-50H,25-26H2,1-8H3/b41-33-,42-34-. The minimum absolute atomic E-state index is 0.0956. The molecule has 2 N–H and O–H groups in total. The lowest BCUT2D eigenvalue weighted by atomic mass is 9.71. The van der Waals surface area contributed by atoms with Crippen LogP contribution in [0.1, 0.15) is 101 Å². The molecule has 5 heterocycles. The molecule has 12 nitrogen and oxygen atoms in total. The van der Waals surface area contributed by atoms with Gasteiger partial charge in [-0.05, 0) is 94.8 Å². The molecule has 3 aliphatic heterocycles. The zero-order valence-corrected chi connectivity index (χ0v) is 35.0. The second-order valence-electron chi connectivity index (χ2n) is 16.4. The van der Waals surface area contributed by atoms with E-state index in [4.69, 9.17) is 28.9 Å². The van der Waals surface area contributed by atoms with E-state index in [0.717, 1.165) is 45.0 Å². The van der Waals surface area contributed by atoms with Crippen molar-refractivity contribution in [3.05, 3.63) is 154 Å². The van der Waals surface area contributed by atoms with Gasteiger partial charge in [0.15, 0.2) is 0 Å². The quantitative estimate of drug-likeness (QED) is 0.119. The van der Waals surface area contributed by atoms with Crippen LogP contribution in [-0.4, -0.2) is 73.7 Å². The van der Waals surface area contributed by atoms with Crippen LogP contribution in [0.25, 0.3) is 11.1 Å². The first kappa shape index (κ1) is 41.3. The topological polar surface area (TPSA) is 162 Å². The molecule has 2 aromatic heterocycles. The molecular formula is C48H48N4O8. The van der Waals surface area contributed by atoms with Crippen LogP contribution in [0, 0.1) is 16.7 Å². The molecule has 0 spiro atoms. The molecule has 0 radical (unpaired) electrons. The average molecular weight is 809 g/mol. The highest BCUT2D eigenvalue weighted by Crippen LogP contribution is 2.46. The monoisotopic (exact) mass is 808 g/mol. The van der Waals surface area contributed by atoms with Gasteiger partial charge in [0.1, 0.15) is 0 Å². The first-order chi connectivity index (χ1) is 28.7. The van der Waals surface area contributed by atoms with Crippen molar-refractivity contribution < 1.29 is 38.1 Å². The fraction of sp³-hybridized carbons (Fsp3) is 0.292. The lowest BCUT2D eigenvalue weighted by Crippen LogP contribution is -2.37. The number of aromatic nitrogens is 2. The van der Waals surface area contributed by atoms with Crippen molar-refractivity contribution in [3.8, 4) is 0 Å². The number of methoxy groups -OCH3 is 4. The van der Waals surface area contributed by atoms with Crippen molar-refractivity contribution in [2.24, 2.45) is 26.7 Å². The fourth-order valence-corrected chi connectivity index (χ4v) is 8.53. The van der Waals surface area contributed by atoms with Crippen molar-refractivity contribution in [1.82, 2.24) is 9.97 Å². The number of rotatable bonds is 10. The first-order valence-electron chi connectivity index (χ1n) is 19.6. The molecule has 2 aromatic carbocycles. The molecule has 8 bridgehead atoms. The van der Waals surface area contributed by atoms with Gasteiger partial charge in [0.25, 0.3) is 0 Å². The molecular weight excluding hydrogens is 761 g/mol. The first-order valence-corrected chi connectivity index (χ1v) is 19.6. The summed E-state index contributed by atoms with van der Waals surface area (Å²) in [5.74, 6) is -2.42. The van der Waals surface area contributed by atoms with Crippen LogP contribution in [0.4, 0.5) is 0 Å². The highest BCUT2D eigenvalue weighted by molar-refractivity contribution is 6.20. The van der Waals surface area contributed by atoms with Crippen LogP contribution >= 0.6 is 0 Å². The Labute approximate surface area is 348 Å². The molecule has 0 atom stereocenters. The number of nitrogens with zero attached hydrogens (tertiary/aromatic N) is 2. The number of nitrogens with one attached hydrogen (secondary N) is 2. The summed E-state index contributed by atoms with van der Waals surface area (Å²) < 4.78 is 20.3. The van der Waals surface area contributed by atoms with Gasteiger partial charge in [0, 0.05) is 45.8 Å². The molecule has 60 heavy (non-hydrogen) atoms. The van der Waals surface area contributed by atoms with Crippen molar-refractivity contribution >= 4 is 46.4 Å². The van der Waals surface area contributed by atoms with E-state index in [9.17, 15) is 19.2 Å². The second-order valence-corrected chi connectivity index (χ2v) is 16.4. The smallest absolute Gasteiger partial charge is 0.337 e. The van der Waals surface area contributed by atoms with Gasteiger partial charge in [-0.1, -0.05) is 52.0 Å². The number of carbonyl (C=O) groups excluding carboxylic acids is 4. The number of allylic oxidation sites excluding steroid dienone is 4. The molecule has 4 aromatic rings. The predicted octanol–water partition coefficient (Wildman–Crippen LogP) is 8.40. The number of fused-ring (bicyclic) bond motifs is 6. The van der Waals surface area contributed by atoms with Crippen LogP contribution < -0.4 is 0 Å². The Bertz CT molecular complexity index is 2410. The Morgan fingerprint density at radius 3 is 1.27 bits per heavy atom. The summed E-state index contributed by atoms with van der Waals surface area (Å²) in [6.45, 7) is 8.08. The van der Waals surface area contributed by atoms with E-state index in [1.54, 1.807) is 24.3 Å². The van der Waals surface area contributed by atoms with E-state index in [2.05, 4.69) is 9.97 Å². The van der Waals surface area contributed by atoms with E-state index >= 15 is 0 Å². The summed E-state index contributed by atoms with van der Waals surface area (Å²) in [5.41, 5.74) is 8.51. The SMILES string of the molecule is COC(=O)CC(C)(C)C1C2=N/C(=C(/c3ccc(C(=O)OC)cc3)c3ccc([nH]3)C(C(C)(C)CC(=O)OC)c3ccc([nH]3)/C(c3ccc(C(=O)OC)cc3)=C3/C=CC1=N3)C=C2. The third-order valence-electron chi connectivity index (χ3n) is 11.4. The summed E-state index contributed by atoms with van der Waals surface area (Å²) in [6, 6.07) is 22.4. The molecule has 0 fully saturated rings. The van der Waals surface area contributed by atoms with Crippen LogP contribution in [0.2, 0.25) is 0 Å². The van der Waals surface area contributed by atoms with Crippen molar-refractivity contribution in [2.75, 3.05) is 28.4 Å². The van der Waals surface area contributed by atoms with Crippen LogP contribution in [0.15, 0.2) is 118 Å². The molecule has 12 heteroatoms. The summed E-state index contributed by atoms with van der Waals surface area (Å²) >= 11 is 0. The average Bonchev–Trinajstić information content (AvgIpc) is 4.08. The molecule has 0 saturated carbocycles. The van der Waals surface area contributed by atoms with Crippen molar-refractivity contribution in [2.45, 2.75) is 46.5 Å². The molecule has 7 rings (SSSR count). The van der Waals surface area contributed by atoms with E-state index < -0.39 is 28.7 Å². The van der Waals surface area contributed by atoms with Gasteiger partial charge in [0.05, 0.1) is 75.2 Å². The van der Waals surface area contributed by atoms with Crippen LogP contribution in [-0.2, 0) is 28.5 Å². The fourth-order valence-electron chi connectivity index (χ4n) is 8.53. The molecule has 0 amide bonds. The number of H-pyrrole nitrogens is 2. The van der Waals surface area contributed by atoms with E-state index in [1.807, 2.05) is 101 Å². The summed E-state index contributed by atoms with van der Waals surface area (Å²) in [5, 5.41) is 0. The molecule has 0 unspecified atom stereocenters. The van der Waals surface area contributed by atoms with Gasteiger partial charge in [-0.3, -0.25) is 19.6 Å². The number of hydrogen-bond acceptors (Lipinski definition) is 10. The highest BCUT2D eigenvalue weighted by Gasteiger charge is 2.41. The molecule has 0 saturated heterocycles. The summed E-state index contributed by atoms with van der Waals surface area (Å²) in [4.78, 5) is 68.8. The summed E-state index contributed by atoms with van der Waals surface area (Å²) in [7, 11) is 5.46. The third kappa shape index (κ3) is 7.97. The number of esters is 4. The zero-order chi connectivity index (χ0) is 42.9. The van der Waals surface area contributed by atoms with Gasteiger partial charge in [-0.25, -0.2) is 9.59 Å². The van der Waals surface area contributed by atoms with Crippen molar-refractivity contribution in [3.63, 3.8) is 0 Å². The predicted molar refractivity (Wildman–Crippen MR) is 229 cm³/mol. The number of aliphatic imine (C=N–C) groups is 2. The Hall–Kier alpha value is -6.82. The van der Waals surface area contributed by atoms with Crippen LogP contribution in [0.3, 0.4) is 0 Å². The minimum atomic E-state index is -0.710. The van der Waals surface area contributed by atoms with E-state index in [1.165, 1.54) is 28.4 Å². The van der Waals surface area contributed by atoms with E-state index in [0.29, 0.717) is 33.9 Å². The third-order valence-corrected chi connectivity index (χ3v) is 11.4. The number of aromatic amines is 2. The van der Waals surface area contributed by atoms with Gasteiger partial charge in [-0.15, -0.1) is 0 Å². The van der Waals surface area contributed by atoms with Gasteiger partial charge in [-0.2, -0.15) is 0 Å². The highest BCUT2D eigenvalue weighted by atomic mass is 16.5. The second kappa shape index (κ2) is 16.4. The van der Waals surface area contributed by atoms with Gasteiger partial charge < -0.3 is 28.9 Å². The van der Waals surface area contributed by atoms with Crippen LogP contribution in [0.5, 0.6) is 0 Å². The zero-order valence-electron chi connectivity index (χ0n) is 35.0. The number of carbonyl (C=O) groups is 4. The normalized spacial score (nSPS) is 19.7. The lowest BCUT2D eigenvalue weighted by molar-refractivity contribution is -0.144. The minimum Gasteiger partial charge on any atom is -0.469 e. The lowest BCUT2D eigenvalue weighted by Gasteiger charge is -2.33. The Morgan fingerprint density at radius 2 is 0.900 bits per heavy atom. The van der Waals surface area contributed by atoms with Gasteiger partial charge >= 0.3 is 23.9 Å². The Kier molecular flexibility index (Phi) is 11.3. The molecule has 3 aliphatic rings. The maximum atomic E-state index is 12.9. The van der Waals surface area contributed by atoms with Crippen molar-refractivity contribution in [1.29, 1.82) is 0 Å². The number of hydrogen-bond donors (Lipinski definition) is 2. The largest absolute Gasteiger partial charge is 0.469 e. The maximum Gasteiger partial charge on any atom is 0.337 e.